The summed E-state index contributed by atoms with van der Waals surface area (Å²) >= 11 is 5.88. The second-order valence-electron chi connectivity index (χ2n) is 6.10. The predicted molar refractivity (Wildman–Crippen MR) is 95.3 cm³/mol. The molecule has 3 rings (SSSR count). The third-order valence-corrected chi connectivity index (χ3v) is 4.27. The topological polar surface area (TPSA) is 48.0 Å². The van der Waals surface area contributed by atoms with Crippen LogP contribution in [0.15, 0.2) is 42.5 Å². The summed E-state index contributed by atoms with van der Waals surface area (Å²) in [5, 5.41) is 1.13. The summed E-state index contributed by atoms with van der Waals surface area (Å²) in [5.41, 5.74) is -0.853. The molecule has 28 heavy (non-hydrogen) atoms. The minimum atomic E-state index is -4.48. The Hall–Kier alpha value is -2.45. The van der Waals surface area contributed by atoms with Crippen molar-refractivity contribution in [1.29, 1.82) is 0 Å². The highest BCUT2D eigenvalue weighted by Crippen LogP contribution is 2.36. The van der Waals surface area contributed by atoms with Crippen LogP contribution in [0.2, 0.25) is 5.02 Å². The lowest BCUT2D eigenvalue weighted by molar-refractivity contribution is -0.175. The van der Waals surface area contributed by atoms with Gasteiger partial charge in [0, 0.05) is 0 Å². The Bertz CT molecular complexity index is 836. The fourth-order valence-electron chi connectivity index (χ4n) is 2.55. The zero-order valence-corrected chi connectivity index (χ0v) is 15.6. The van der Waals surface area contributed by atoms with Gasteiger partial charge in [0.05, 0.1) is 23.7 Å². The molecule has 0 aromatic heterocycles. The molecule has 2 aromatic carbocycles. The van der Waals surface area contributed by atoms with Gasteiger partial charge in [-0.15, -0.1) is 0 Å². The van der Waals surface area contributed by atoms with Crippen LogP contribution < -0.4 is 9.47 Å². The van der Waals surface area contributed by atoms with Gasteiger partial charge >= 0.3 is 6.18 Å². The van der Waals surface area contributed by atoms with Crippen molar-refractivity contribution in [3.8, 4) is 17.2 Å². The third kappa shape index (κ3) is 4.88. The van der Waals surface area contributed by atoms with E-state index in [0.717, 1.165) is 24.6 Å². The molecular formula is C19H17ClF3NO4. The van der Waals surface area contributed by atoms with E-state index in [1.807, 2.05) is 0 Å². The molecule has 1 fully saturated rings. The van der Waals surface area contributed by atoms with Gasteiger partial charge in [-0.25, -0.2) is 5.06 Å². The van der Waals surface area contributed by atoms with Crippen molar-refractivity contribution in [3.63, 3.8) is 0 Å². The number of nitrogens with zero attached hydrogens (tertiary/aromatic N) is 1. The van der Waals surface area contributed by atoms with Gasteiger partial charge in [-0.3, -0.25) is 9.63 Å². The molecule has 0 radical (unpaired) electrons. The Morgan fingerprint density at radius 1 is 1.18 bits per heavy atom. The first-order valence-electron chi connectivity index (χ1n) is 8.49. The first-order valence-corrected chi connectivity index (χ1v) is 8.87. The van der Waals surface area contributed by atoms with Crippen LogP contribution in [-0.2, 0) is 15.8 Å². The van der Waals surface area contributed by atoms with Gasteiger partial charge in [0.15, 0.2) is 6.10 Å². The molecule has 1 amide bonds. The number of benzene rings is 2. The van der Waals surface area contributed by atoms with Crippen LogP contribution in [-0.4, -0.2) is 30.2 Å². The first kappa shape index (κ1) is 20.3. The van der Waals surface area contributed by atoms with Gasteiger partial charge < -0.3 is 9.47 Å². The fraction of sp³-hybridized carbons (Fsp3) is 0.316. The monoisotopic (exact) mass is 415 g/mol. The van der Waals surface area contributed by atoms with Gasteiger partial charge in [-0.1, -0.05) is 11.6 Å². The van der Waals surface area contributed by atoms with Crippen molar-refractivity contribution in [1.82, 2.24) is 5.06 Å². The normalized spacial score (nSPS) is 15.4. The molecule has 1 atom stereocenters. The average Bonchev–Trinajstić information content (AvgIpc) is 3.18. The van der Waals surface area contributed by atoms with E-state index >= 15 is 0 Å². The van der Waals surface area contributed by atoms with Crippen molar-refractivity contribution >= 4 is 17.5 Å². The number of hydrogen-bond acceptors (Lipinski definition) is 4. The molecule has 2 aromatic rings. The molecular weight excluding hydrogens is 399 g/mol. The number of carbonyl (C=O) groups is 1. The summed E-state index contributed by atoms with van der Waals surface area (Å²) in [5.74, 6) is 0.620. The van der Waals surface area contributed by atoms with Crippen molar-refractivity contribution in [3.05, 3.63) is 53.1 Å². The number of hydrogen-bond donors (Lipinski definition) is 0. The number of rotatable bonds is 5. The molecule has 0 bridgehead atoms. The lowest BCUT2D eigenvalue weighted by Crippen LogP contribution is -2.37. The Morgan fingerprint density at radius 3 is 2.43 bits per heavy atom. The maximum Gasteiger partial charge on any atom is 0.416 e. The smallest absolute Gasteiger partial charge is 0.416 e. The highest BCUT2D eigenvalue weighted by Gasteiger charge is 2.31. The number of hydroxylamine groups is 2. The van der Waals surface area contributed by atoms with Crippen LogP contribution in [0.1, 0.15) is 18.9 Å². The zero-order valence-electron chi connectivity index (χ0n) is 14.8. The second-order valence-corrected chi connectivity index (χ2v) is 6.51. The van der Waals surface area contributed by atoms with E-state index in [1.165, 1.54) is 5.06 Å². The van der Waals surface area contributed by atoms with Gasteiger partial charge in [0.25, 0.3) is 5.91 Å². The summed E-state index contributed by atoms with van der Waals surface area (Å²) in [6.07, 6.45) is -4.42. The Balaban J connectivity index is 1.62. The maximum atomic E-state index is 12.7. The minimum absolute atomic E-state index is 0.0954. The SMILES string of the molecule is CC(Oc1ccc(Oc2ccc(C(F)(F)F)cc2Cl)cc1)C(=O)N1CCCO1. The molecule has 5 nitrogen and oxygen atoms in total. The summed E-state index contributed by atoms with van der Waals surface area (Å²) in [6.45, 7) is 2.67. The van der Waals surface area contributed by atoms with Crippen molar-refractivity contribution in [2.75, 3.05) is 13.2 Å². The van der Waals surface area contributed by atoms with Crippen LogP contribution in [0.5, 0.6) is 17.2 Å². The second kappa shape index (κ2) is 8.28. The molecule has 0 saturated carbocycles. The molecule has 0 aliphatic carbocycles. The zero-order chi connectivity index (χ0) is 20.3. The number of alkyl halides is 3. The van der Waals surface area contributed by atoms with Crippen LogP contribution in [0.25, 0.3) is 0 Å². The summed E-state index contributed by atoms with van der Waals surface area (Å²) < 4.78 is 49.2. The van der Waals surface area contributed by atoms with E-state index in [2.05, 4.69) is 0 Å². The maximum absolute atomic E-state index is 12.7. The van der Waals surface area contributed by atoms with Gasteiger partial charge in [0.2, 0.25) is 0 Å². The van der Waals surface area contributed by atoms with Gasteiger partial charge in [-0.05, 0) is 55.8 Å². The van der Waals surface area contributed by atoms with Gasteiger partial charge in [0.1, 0.15) is 17.2 Å². The van der Waals surface area contributed by atoms with E-state index in [0.29, 0.717) is 24.7 Å². The van der Waals surface area contributed by atoms with E-state index in [9.17, 15) is 18.0 Å². The quantitative estimate of drug-likeness (QED) is 0.683. The van der Waals surface area contributed by atoms with Crippen LogP contribution in [0, 0.1) is 0 Å². The number of carbonyl (C=O) groups excluding carboxylic acids is 1. The van der Waals surface area contributed by atoms with Gasteiger partial charge in [-0.2, -0.15) is 13.2 Å². The van der Waals surface area contributed by atoms with E-state index < -0.39 is 17.8 Å². The molecule has 1 saturated heterocycles. The largest absolute Gasteiger partial charge is 0.481 e. The highest BCUT2D eigenvalue weighted by atomic mass is 35.5. The Kier molecular flexibility index (Phi) is 6.00. The predicted octanol–water partition coefficient (Wildman–Crippen LogP) is 5.08. The summed E-state index contributed by atoms with van der Waals surface area (Å²) in [7, 11) is 0. The average molecular weight is 416 g/mol. The molecule has 0 spiro atoms. The molecule has 0 N–H and O–H groups in total. The Labute approximate surface area is 164 Å². The fourth-order valence-corrected chi connectivity index (χ4v) is 2.77. The van der Waals surface area contributed by atoms with Crippen molar-refractivity contribution in [2.45, 2.75) is 25.6 Å². The van der Waals surface area contributed by atoms with E-state index in [-0.39, 0.29) is 16.7 Å². The molecule has 9 heteroatoms. The van der Waals surface area contributed by atoms with Crippen LogP contribution in [0.3, 0.4) is 0 Å². The lowest BCUT2D eigenvalue weighted by atomic mass is 10.2. The summed E-state index contributed by atoms with van der Waals surface area (Å²) in [4.78, 5) is 17.4. The standard InChI is InChI=1S/C19H17ClF3NO4/c1-12(18(25)24-9-2-10-26-24)27-14-4-6-15(7-5-14)28-17-8-3-13(11-16(17)20)19(21,22)23/h3-8,11-12H,2,9-10H2,1H3. The van der Waals surface area contributed by atoms with Crippen LogP contribution in [0.4, 0.5) is 13.2 Å². The highest BCUT2D eigenvalue weighted by molar-refractivity contribution is 6.32. The number of halogens is 4. The van der Waals surface area contributed by atoms with Crippen LogP contribution >= 0.6 is 11.6 Å². The number of amides is 1. The summed E-state index contributed by atoms with van der Waals surface area (Å²) in [6, 6.07) is 9.16. The minimum Gasteiger partial charge on any atom is -0.481 e. The van der Waals surface area contributed by atoms with Crippen molar-refractivity contribution < 1.29 is 32.3 Å². The lowest BCUT2D eigenvalue weighted by Gasteiger charge is -2.20. The molecule has 1 aliphatic rings. The Morgan fingerprint density at radius 2 is 1.86 bits per heavy atom. The third-order valence-electron chi connectivity index (χ3n) is 3.97. The number of ether oxygens (including phenoxy) is 2. The van der Waals surface area contributed by atoms with Crippen molar-refractivity contribution in [2.24, 2.45) is 0 Å². The molecule has 1 aliphatic heterocycles. The van der Waals surface area contributed by atoms with E-state index in [1.54, 1.807) is 31.2 Å². The molecule has 150 valence electrons. The molecule has 1 unspecified atom stereocenters. The first-order chi connectivity index (χ1) is 13.2. The molecule has 1 heterocycles. The van der Waals surface area contributed by atoms with E-state index in [4.69, 9.17) is 25.9 Å².